The maximum absolute atomic E-state index is 12.6. The quantitative estimate of drug-likeness (QED) is 0.180. The average Bonchev–Trinajstić information content (AvgIpc) is 3.61. The first kappa shape index (κ1) is 26.0. The number of anilines is 3. The molecule has 2 aromatic heterocycles. The largest absolute Gasteiger partial charge is 0.494 e. The van der Waals surface area contributed by atoms with Gasteiger partial charge in [-0.15, -0.1) is 10.2 Å². The normalized spacial score (nSPS) is 13.2. The maximum atomic E-state index is 12.6. The average molecular weight is 513 g/mol. The minimum Gasteiger partial charge on any atom is -0.494 e. The number of benzene rings is 1. The van der Waals surface area contributed by atoms with Crippen LogP contribution in [0.2, 0.25) is 0 Å². The number of carbonyl (C=O) groups excluding carboxylic acids is 2. The summed E-state index contributed by atoms with van der Waals surface area (Å²) in [5.41, 5.74) is 8.06. The fourth-order valence-corrected chi connectivity index (χ4v) is 3.76. The van der Waals surface area contributed by atoms with Gasteiger partial charge in [0.15, 0.2) is 17.3 Å². The topological polar surface area (TPSA) is 210 Å². The predicted molar refractivity (Wildman–Crippen MR) is 132 cm³/mol. The van der Waals surface area contributed by atoms with Gasteiger partial charge in [0.25, 0.3) is 5.91 Å². The molecule has 1 aromatic carbocycles. The minimum absolute atomic E-state index is 0.0462. The highest BCUT2D eigenvalue weighted by atomic mass is 16.7. The van der Waals surface area contributed by atoms with Gasteiger partial charge in [0.05, 0.1) is 36.4 Å². The maximum Gasteiger partial charge on any atom is 0.369 e. The molecule has 14 heteroatoms. The molecule has 1 aliphatic carbocycles. The zero-order valence-electron chi connectivity index (χ0n) is 20.2. The van der Waals surface area contributed by atoms with Crippen LogP contribution >= 0.6 is 0 Å². The first-order chi connectivity index (χ1) is 17.6. The van der Waals surface area contributed by atoms with E-state index in [0.29, 0.717) is 30.1 Å². The van der Waals surface area contributed by atoms with Gasteiger partial charge >= 0.3 is 6.10 Å². The lowest BCUT2D eigenvalue weighted by molar-refractivity contribution is -0.323. The Labute approximate surface area is 211 Å². The van der Waals surface area contributed by atoms with Crippen LogP contribution in [0.5, 0.6) is 5.75 Å². The summed E-state index contributed by atoms with van der Waals surface area (Å²) in [6, 6.07) is 8.55. The fourth-order valence-electron chi connectivity index (χ4n) is 3.76. The van der Waals surface area contributed by atoms with Crippen LogP contribution in [0.15, 0.2) is 30.3 Å². The lowest BCUT2D eigenvalue weighted by atomic mass is 10.1. The van der Waals surface area contributed by atoms with E-state index in [1.807, 2.05) is 19.1 Å². The van der Waals surface area contributed by atoms with Crippen LogP contribution in [0.3, 0.4) is 0 Å². The van der Waals surface area contributed by atoms with Crippen LogP contribution in [-0.2, 0) is 11.3 Å². The van der Waals surface area contributed by atoms with Gasteiger partial charge in [0, 0.05) is 24.1 Å². The van der Waals surface area contributed by atoms with Crippen molar-refractivity contribution in [3.8, 4) is 17.0 Å². The predicted octanol–water partition coefficient (Wildman–Crippen LogP) is 0.0259. The van der Waals surface area contributed by atoms with Crippen molar-refractivity contribution >= 4 is 29.0 Å². The molecule has 2 heterocycles. The van der Waals surface area contributed by atoms with Crippen LogP contribution in [0.25, 0.3) is 11.3 Å². The number of hydrogen-bond acceptors (Lipinski definition) is 11. The number of hydrogen-bond donors (Lipinski definition) is 7. The Bertz CT molecular complexity index is 1320. The molecule has 0 saturated heterocycles. The number of methoxy groups -OCH3 is 1. The van der Waals surface area contributed by atoms with Gasteiger partial charge in [-0.05, 0) is 38.0 Å². The Morgan fingerprint density at radius 2 is 1.95 bits per heavy atom. The zero-order chi connectivity index (χ0) is 26.7. The smallest absolute Gasteiger partial charge is 0.369 e. The highest BCUT2D eigenvalue weighted by molar-refractivity contribution is 6.00. The second-order valence-electron chi connectivity index (χ2n) is 8.54. The summed E-state index contributed by atoms with van der Waals surface area (Å²) in [5, 5.41) is 47.0. The number of aliphatic hydroxyl groups is 3. The van der Waals surface area contributed by atoms with E-state index in [9.17, 15) is 24.9 Å². The van der Waals surface area contributed by atoms with E-state index in [-0.39, 0.29) is 29.0 Å². The van der Waals surface area contributed by atoms with Crippen molar-refractivity contribution in [1.82, 2.24) is 25.3 Å². The minimum atomic E-state index is -3.48. The van der Waals surface area contributed by atoms with Crippen molar-refractivity contribution in [3.05, 3.63) is 41.7 Å². The molecule has 3 aromatic rings. The third-order valence-electron chi connectivity index (χ3n) is 5.50. The monoisotopic (exact) mass is 512 g/mol. The zero-order valence-corrected chi connectivity index (χ0v) is 20.2. The molecule has 14 nitrogen and oxygen atoms in total. The van der Waals surface area contributed by atoms with Crippen molar-refractivity contribution in [2.45, 2.75) is 32.4 Å². The third kappa shape index (κ3) is 6.18. The van der Waals surface area contributed by atoms with Crippen LogP contribution in [0.1, 0.15) is 29.0 Å². The van der Waals surface area contributed by atoms with E-state index in [4.69, 9.17) is 10.5 Å². The van der Waals surface area contributed by atoms with E-state index >= 15 is 0 Å². The molecule has 1 saturated carbocycles. The lowest BCUT2D eigenvalue weighted by Gasteiger charge is -2.19. The van der Waals surface area contributed by atoms with Gasteiger partial charge in [0.1, 0.15) is 0 Å². The van der Waals surface area contributed by atoms with Gasteiger partial charge in [0.2, 0.25) is 5.91 Å². The molecule has 1 fully saturated rings. The second-order valence-corrected chi connectivity index (χ2v) is 8.54. The number of nitrogens with one attached hydrogen (secondary N) is 3. The van der Waals surface area contributed by atoms with Crippen LogP contribution < -0.4 is 26.4 Å². The van der Waals surface area contributed by atoms with Gasteiger partial charge in [-0.25, -0.2) is 0 Å². The van der Waals surface area contributed by atoms with Gasteiger partial charge in [-0.3, -0.25) is 19.6 Å². The highest BCUT2D eigenvalue weighted by Crippen LogP contribution is 2.39. The summed E-state index contributed by atoms with van der Waals surface area (Å²) < 4.78 is 7.46. The molecule has 0 bridgehead atoms. The summed E-state index contributed by atoms with van der Waals surface area (Å²) in [4.78, 5) is 24.8. The van der Waals surface area contributed by atoms with Crippen LogP contribution in [0.4, 0.5) is 17.2 Å². The molecule has 2 amide bonds. The number of aromatic nitrogens is 4. The molecular formula is C23H28N8O6. The molecule has 0 atom stereocenters. The number of nitrogens with zero attached hydrogens (tertiary/aromatic N) is 4. The standard InChI is InChI=1S/C23H28N8O6/c1-12-10-17(31(30-12)9-8-24)14-4-3-5-15(20(14)37-2)25-16-11-18(26-21(32)13-6-7-13)28-29-19(16)22(33)27-23(34,35)36/h3-5,10-11,13,34-36H,6-9,24H2,1-2H3,(H,27,33)(H2,25,26,28,32). The number of ether oxygens (including phenoxy) is 1. The van der Waals surface area contributed by atoms with Crippen molar-refractivity contribution in [3.63, 3.8) is 0 Å². The molecule has 0 aliphatic heterocycles. The molecule has 37 heavy (non-hydrogen) atoms. The molecule has 0 unspecified atom stereocenters. The summed E-state index contributed by atoms with van der Waals surface area (Å²) in [6.45, 7) is 2.73. The Balaban J connectivity index is 1.75. The van der Waals surface area contributed by atoms with Gasteiger partial charge in [-0.2, -0.15) is 5.10 Å². The van der Waals surface area contributed by atoms with Gasteiger partial charge < -0.3 is 36.4 Å². The van der Waals surface area contributed by atoms with E-state index in [2.05, 4.69) is 25.9 Å². The lowest BCUT2D eigenvalue weighted by Crippen LogP contribution is -2.48. The van der Waals surface area contributed by atoms with Crippen molar-refractivity contribution in [2.24, 2.45) is 11.7 Å². The third-order valence-corrected chi connectivity index (χ3v) is 5.50. The molecular weight excluding hydrogens is 484 g/mol. The Morgan fingerprint density at radius 3 is 2.59 bits per heavy atom. The molecule has 8 N–H and O–H groups in total. The number of amides is 2. The van der Waals surface area contributed by atoms with E-state index < -0.39 is 12.0 Å². The van der Waals surface area contributed by atoms with Crippen LogP contribution in [0, 0.1) is 12.8 Å². The summed E-state index contributed by atoms with van der Waals surface area (Å²) in [5.74, 6) is -0.979. The first-order valence-electron chi connectivity index (χ1n) is 11.5. The van der Waals surface area contributed by atoms with E-state index in [1.165, 1.54) is 13.2 Å². The molecule has 0 spiro atoms. The van der Waals surface area contributed by atoms with Gasteiger partial charge in [-0.1, -0.05) is 6.07 Å². The summed E-state index contributed by atoms with van der Waals surface area (Å²) in [6.07, 6.45) is -1.92. The summed E-state index contributed by atoms with van der Waals surface area (Å²) >= 11 is 0. The number of carbonyl (C=O) groups is 2. The number of rotatable bonds is 10. The summed E-state index contributed by atoms with van der Waals surface area (Å²) in [7, 11) is 1.48. The van der Waals surface area contributed by atoms with Crippen molar-refractivity contribution in [2.75, 3.05) is 24.3 Å². The Hall–Kier alpha value is -4.11. The van der Waals surface area contributed by atoms with Crippen LogP contribution in [-0.4, -0.2) is 66.9 Å². The van der Waals surface area contributed by atoms with Crippen molar-refractivity contribution < 1.29 is 29.6 Å². The molecule has 1 aliphatic rings. The first-order valence-corrected chi connectivity index (χ1v) is 11.5. The number of nitrogens with two attached hydrogens (primary N) is 1. The van der Waals surface area contributed by atoms with Crippen molar-refractivity contribution in [1.29, 1.82) is 0 Å². The highest BCUT2D eigenvalue weighted by Gasteiger charge is 2.31. The second kappa shape index (κ2) is 10.5. The van der Waals surface area contributed by atoms with E-state index in [0.717, 1.165) is 24.2 Å². The number of aryl methyl sites for hydroxylation is 1. The fraction of sp³-hybridized carbons (Fsp3) is 0.348. The Kier molecular flexibility index (Phi) is 7.35. The van der Waals surface area contributed by atoms with E-state index in [1.54, 1.807) is 22.1 Å². The Morgan fingerprint density at radius 1 is 1.19 bits per heavy atom. The molecule has 0 radical (unpaired) electrons. The molecule has 4 rings (SSSR count). The SMILES string of the molecule is COc1c(Nc2cc(NC(=O)C3CC3)nnc2C(=O)NC(O)(O)O)cccc1-c1cc(C)nn1CCN. The molecule has 196 valence electrons. The number of para-hydroxylation sites is 1.